The van der Waals surface area contributed by atoms with Crippen LogP contribution in [0.5, 0.6) is 11.5 Å². The Morgan fingerprint density at radius 1 is 1.23 bits per heavy atom. The van der Waals surface area contributed by atoms with Gasteiger partial charge in [-0.2, -0.15) is 0 Å². The molecule has 1 saturated heterocycles. The van der Waals surface area contributed by atoms with Crippen LogP contribution in [0.3, 0.4) is 0 Å². The number of ether oxygens (including phenoxy) is 3. The number of aromatic hydroxyl groups is 1. The average molecular weight is 485 g/mol. The van der Waals surface area contributed by atoms with Crippen molar-refractivity contribution in [3.05, 3.63) is 53.9 Å². The van der Waals surface area contributed by atoms with Crippen LogP contribution in [0.4, 0.5) is 0 Å². The van der Waals surface area contributed by atoms with E-state index in [4.69, 9.17) is 14.2 Å². The van der Waals surface area contributed by atoms with Crippen molar-refractivity contribution < 1.29 is 28.9 Å². The van der Waals surface area contributed by atoms with E-state index < -0.39 is 17.9 Å². The molecule has 1 aliphatic heterocycles. The molecule has 1 aromatic heterocycles. The molecule has 1 aromatic carbocycles. The number of esters is 1. The van der Waals surface area contributed by atoms with Gasteiger partial charge in [-0.1, -0.05) is 50.1 Å². The SMILES string of the molecule is CCCC[C@H]1[C@H](C)OC(=O)C(NC(=O)c2nccc(OC)c2O)CCC[C@@H]1OCc1ccccc1. The summed E-state index contributed by atoms with van der Waals surface area (Å²) in [4.78, 5) is 29.8. The van der Waals surface area contributed by atoms with Crippen LogP contribution < -0.4 is 10.1 Å². The van der Waals surface area contributed by atoms with Gasteiger partial charge < -0.3 is 24.6 Å². The number of pyridine rings is 1. The predicted molar refractivity (Wildman–Crippen MR) is 131 cm³/mol. The quantitative estimate of drug-likeness (QED) is 0.508. The van der Waals surface area contributed by atoms with Crippen LogP contribution >= 0.6 is 0 Å². The molecular formula is C27H36N2O6. The molecule has 2 heterocycles. The lowest BCUT2D eigenvalue weighted by Crippen LogP contribution is -2.43. The zero-order valence-corrected chi connectivity index (χ0v) is 20.7. The molecule has 0 spiro atoms. The van der Waals surface area contributed by atoms with Crippen LogP contribution in [-0.2, 0) is 20.9 Å². The van der Waals surface area contributed by atoms with Crippen LogP contribution in [0.2, 0.25) is 0 Å². The van der Waals surface area contributed by atoms with Crippen molar-refractivity contribution in [2.45, 2.75) is 77.2 Å². The topological polar surface area (TPSA) is 107 Å². The highest BCUT2D eigenvalue weighted by Gasteiger charge is 2.35. The summed E-state index contributed by atoms with van der Waals surface area (Å²) in [6.07, 6.45) is 5.69. The maximum atomic E-state index is 13.0. The average Bonchev–Trinajstić information content (AvgIpc) is 2.91. The number of hydrogen-bond donors (Lipinski definition) is 2. The van der Waals surface area contributed by atoms with E-state index in [0.29, 0.717) is 19.4 Å². The van der Waals surface area contributed by atoms with E-state index in [9.17, 15) is 14.7 Å². The van der Waals surface area contributed by atoms with E-state index in [1.54, 1.807) is 0 Å². The molecule has 2 N–H and O–H groups in total. The van der Waals surface area contributed by atoms with Crippen LogP contribution in [0.1, 0.15) is 68.4 Å². The molecule has 0 radical (unpaired) electrons. The van der Waals surface area contributed by atoms with Crippen molar-refractivity contribution >= 4 is 11.9 Å². The van der Waals surface area contributed by atoms with Crippen molar-refractivity contribution in [1.82, 2.24) is 10.3 Å². The molecule has 190 valence electrons. The van der Waals surface area contributed by atoms with Gasteiger partial charge in [-0.3, -0.25) is 4.79 Å². The summed E-state index contributed by atoms with van der Waals surface area (Å²) in [7, 11) is 1.39. The van der Waals surface area contributed by atoms with E-state index in [1.807, 2.05) is 37.3 Å². The Morgan fingerprint density at radius 3 is 2.71 bits per heavy atom. The minimum atomic E-state index is -0.850. The molecule has 3 rings (SSSR count). The van der Waals surface area contributed by atoms with E-state index in [-0.39, 0.29) is 35.3 Å². The van der Waals surface area contributed by atoms with Crippen molar-refractivity contribution in [3.63, 3.8) is 0 Å². The summed E-state index contributed by atoms with van der Waals surface area (Å²) in [5.41, 5.74) is 0.900. The molecule has 8 heteroatoms. The summed E-state index contributed by atoms with van der Waals surface area (Å²) >= 11 is 0. The lowest BCUT2D eigenvalue weighted by molar-refractivity contribution is -0.156. The lowest BCUT2D eigenvalue weighted by Gasteiger charge is -2.31. The molecule has 1 fully saturated rings. The molecule has 1 aliphatic rings. The van der Waals surface area contributed by atoms with E-state index in [1.165, 1.54) is 19.4 Å². The van der Waals surface area contributed by atoms with Gasteiger partial charge in [-0.25, -0.2) is 9.78 Å². The fourth-order valence-corrected chi connectivity index (χ4v) is 4.48. The van der Waals surface area contributed by atoms with Gasteiger partial charge in [-0.15, -0.1) is 0 Å². The number of benzene rings is 1. The molecule has 8 nitrogen and oxygen atoms in total. The second-order valence-corrected chi connectivity index (χ2v) is 8.95. The van der Waals surface area contributed by atoms with Gasteiger partial charge in [-0.05, 0) is 38.2 Å². The van der Waals surface area contributed by atoms with Gasteiger partial charge >= 0.3 is 5.97 Å². The number of rotatable bonds is 9. The third kappa shape index (κ3) is 7.18. The monoisotopic (exact) mass is 484 g/mol. The van der Waals surface area contributed by atoms with Crippen molar-refractivity contribution in [1.29, 1.82) is 0 Å². The van der Waals surface area contributed by atoms with Gasteiger partial charge in [0.05, 0.1) is 19.8 Å². The van der Waals surface area contributed by atoms with Gasteiger partial charge in [0.15, 0.2) is 17.2 Å². The van der Waals surface area contributed by atoms with E-state index >= 15 is 0 Å². The molecule has 0 aliphatic carbocycles. The maximum absolute atomic E-state index is 13.0. The summed E-state index contributed by atoms with van der Waals surface area (Å²) in [5.74, 6) is -1.33. The highest BCUT2D eigenvalue weighted by molar-refractivity contribution is 5.97. The van der Waals surface area contributed by atoms with Crippen LogP contribution in [0, 0.1) is 5.92 Å². The number of unbranched alkanes of at least 4 members (excludes halogenated alkanes) is 1. The Kier molecular flexibility index (Phi) is 9.90. The van der Waals surface area contributed by atoms with Crippen LogP contribution in [-0.4, -0.2) is 47.3 Å². The number of cyclic esters (lactones) is 1. The fraction of sp³-hybridized carbons (Fsp3) is 0.519. The largest absolute Gasteiger partial charge is 0.503 e. The minimum Gasteiger partial charge on any atom is -0.503 e. The molecule has 1 amide bonds. The number of carbonyl (C=O) groups is 2. The van der Waals surface area contributed by atoms with Crippen molar-refractivity contribution in [3.8, 4) is 11.5 Å². The Bertz CT molecular complexity index is 967. The predicted octanol–water partition coefficient (Wildman–Crippen LogP) is 4.40. The van der Waals surface area contributed by atoms with E-state index in [0.717, 1.165) is 31.2 Å². The first-order valence-corrected chi connectivity index (χ1v) is 12.3. The molecule has 1 unspecified atom stereocenters. The fourth-order valence-electron chi connectivity index (χ4n) is 4.48. The third-order valence-corrected chi connectivity index (χ3v) is 6.47. The lowest BCUT2D eigenvalue weighted by atomic mass is 9.88. The second kappa shape index (κ2) is 13.1. The molecular weight excluding hydrogens is 448 g/mol. The smallest absolute Gasteiger partial charge is 0.328 e. The van der Waals surface area contributed by atoms with Gasteiger partial charge in [0.1, 0.15) is 12.1 Å². The van der Waals surface area contributed by atoms with Crippen LogP contribution in [0.15, 0.2) is 42.6 Å². The first kappa shape index (κ1) is 26.5. The molecule has 0 bridgehead atoms. The summed E-state index contributed by atoms with van der Waals surface area (Å²) < 4.78 is 17.3. The van der Waals surface area contributed by atoms with E-state index in [2.05, 4.69) is 17.2 Å². The molecule has 4 atom stereocenters. The summed E-state index contributed by atoms with van der Waals surface area (Å²) in [5, 5.41) is 13.0. The van der Waals surface area contributed by atoms with Crippen LogP contribution in [0.25, 0.3) is 0 Å². The number of nitrogens with one attached hydrogen (secondary N) is 1. The Labute approximate surface area is 207 Å². The highest BCUT2D eigenvalue weighted by Crippen LogP contribution is 2.30. The van der Waals surface area contributed by atoms with Gasteiger partial charge in [0.2, 0.25) is 0 Å². The number of methoxy groups -OCH3 is 1. The normalized spacial score (nSPS) is 22.9. The number of hydrogen-bond acceptors (Lipinski definition) is 7. The molecule has 2 aromatic rings. The first-order chi connectivity index (χ1) is 16.9. The third-order valence-electron chi connectivity index (χ3n) is 6.47. The van der Waals surface area contributed by atoms with Gasteiger partial charge in [0.25, 0.3) is 5.91 Å². The standard InChI is InChI=1S/C27H36N2O6/c1-4-5-12-20-18(2)35-27(32)21(29-26(31)24-25(30)23(33-3)15-16-28-24)13-9-14-22(20)34-17-19-10-7-6-8-11-19/h6-8,10-11,15-16,18,20-22,30H,4-5,9,12-14,17H2,1-3H3,(H,29,31)/t18-,20-,21?,22-/m0/s1. The highest BCUT2D eigenvalue weighted by atomic mass is 16.5. The number of aromatic nitrogens is 1. The Balaban J connectivity index is 1.73. The minimum absolute atomic E-state index is 0.0566. The maximum Gasteiger partial charge on any atom is 0.328 e. The summed E-state index contributed by atoms with van der Waals surface area (Å²) in [6.45, 7) is 4.53. The second-order valence-electron chi connectivity index (χ2n) is 8.95. The molecule has 35 heavy (non-hydrogen) atoms. The first-order valence-electron chi connectivity index (χ1n) is 12.3. The number of carbonyl (C=O) groups excluding carboxylic acids is 2. The van der Waals surface area contributed by atoms with Crippen molar-refractivity contribution in [2.75, 3.05) is 7.11 Å². The van der Waals surface area contributed by atoms with Crippen molar-refractivity contribution in [2.24, 2.45) is 5.92 Å². The summed E-state index contributed by atoms with van der Waals surface area (Å²) in [6, 6.07) is 10.6. The number of amides is 1. The Morgan fingerprint density at radius 2 is 2.00 bits per heavy atom. The number of nitrogens with zero attached hydrogens (tertiary/aromatic N) is 1. The Hall–Kier alpha value is -3.13. The zero-order valence-electron chi connectivity index (χ0n) is 20.7. The van der Waals surface area contributed by atoms with Gasteiger partial charge in [0, 0.05) is 18.2 Å². The molecule has 0 saturated carbocycles. The zero-order chi connectivity index (χ0) is 25.2.